The third kappa shape index (κ3) is 6.07. The molecule has 154 valence electrons. The first-order valence-corrected chi connectivity index (χ1v) is 7.98. The highest BCUT2D eigenvalue weighted by Crippen LogP contribution is 2.23. The number of carbonyl (C=O) groups is 2. The summed E-state index contributed by atoms with van der Waals surface area (Å²) in [5, 5.41) is 56.5. The van der Waals surface area contributed by atoms with Gasteiger partial charge in [0.1, 0.15) is 37.1 Å². The SMILES string of the molecule is C=C(CCO)C(=O)OC1OC(COC(=O)C(=C)C(O)CO)C(O)C(O)C1O. The highest BCUT2D eigenvalue weighted by atomic mass is 16.7. The predicted molar refractivity (Wildman–Crippen MR) is 86.8 cm³/mol. The molecule has 0 aromatic rings. The Balaban J connectivity index is 2.72. The highest BCUT2D eigenvalue weighted by molar-refractivity contribution is 5.89. The molecule has 6 N–H and O–H groups in total. The quantitative estimate of drug-likeness (QED) is 0.171. The monoisotopic (exact) mass is 392 g/mol. The first kappa shape index (κ1) is 23.2. The van der Waals surface area contributed by atoms with E-state index in [4.69, 9.17) is 24.4 Å². The van der Waals surface area contributed by atoms with Crippen LogP contribution in [-0.4, -0.2) is 99.2 Å². The summed E-state index contributed by atoms with van der Waals surface area (Å²) in [4.78, 5) is 23.5. The smallest absolute Gasteiger partial charge is 0.336 e. The lowest BCUT2D eigenvalue weighted by atomic mass is 9.99. The van der Waals surface area contributed by atoms with Crippen molar-refractivity contribution >= 4 is 11.9 Å². The molecule has 1 aliphatic rings. The zero-order chi connectivity index (χ0) is 20.7. The molecule has 1 saturated heterocycles. The van der Waals surface area contributed by atoms with E-state index in [9.17, 15) is 30.0 Å². The summed E-state index contributed by atoms with van der Waals surface area (Å²) < 4.78 is 14.8. The van der Waals surface area contributed by atoms with Crippen LogP contribution in [0, 0.1) is 0 Å². The van der Waals surface area contributed by atoms with Crippen LogP contribution in [0.4, 0.5) is 0 Å². The van der Waals surface area contributed by atoms with E-state index in [0.29, 0.717) is 0 Å². The van der Waals surface area contributed by atoms with Crippen molar-refractivity contribution in [2.24, 2.45) is 0 Å². The molecule has 11 nitrogen and oxygen atoms in total. The second-order valence-corrected chi connectivity index (χ2v) is 5.82. The molecule has 0 aliphatic carbocycles. The van der Waals surface area contributed by atoms with Gasteiger partial charge < -0.3 is 44.8 Å². The summed E-state index contributed by atoms with van der Waals surface area (Å²) >= 11 is 0. The largest absolute Gasteiger partial charge is 0.459 e. The number of hydrogen-bond donors (Lipinski definition) is 6. The van der Waals surface area contributed by atoms with Crippen LogP contribution >= 0.6 is 0 Å². The average molecular weight is 392 g/mol. The van der Waals surface area contributed by atoms with Gasteiger partial charge in [-0.2, -0.15) is 0 Å². The number of aliphatic hydroxyl groups is 6. The van der Waals surface area contributed by atoms with E-state index in [-0.39, 0.29) is 18.6 Å². The van der Waals surface area contributed by atoms with Gasteiger partial charge in [-0.1, -0.05) is 13.2 Å². The molecule has 0 spiro atoms. The van der Waals surface area contributed by atoms with Crippen LogP contribution in [0.25, 0.3) is 0 Å². The van der Waals surface area contributed by atoms with Crippen LogP contribution in [0.2, 0.25) is 0 Å². The fraction of sp³-hybridized carbons (Fsp3) is 0.625. The molecule has 0 radical (unpaired) electrons. The van der Waals surface area contributed by atoms with Gasteiger partial charge in [-0.3, -0.25) is 0 Å². The molecule has 1 rings (SSSR count). The van der Waals surface area contributed by atoms with E-state index < -0.39 is 67.5 Å². The second kappa shape index (κ2) is 10.5. The molecule has 1 heterocycles. The Morgan fingerprint density at radius 3 is 2.22 bits per heavy atom. The van der Waals surface area contributed by atoms with Gasteiger partial charge in [0.25, 0.3) is 0 Å². The van der Waals surface area contributed by atoms with Crippen LogP contribution in [-0.2, 0) is 23.8 Å². The number of hydrogen-bond acceptors (Lipinski definition) is 11. The molecule has 0 amide bonds. The van der Waals surface area contributed by atoms with Crippen molar-refractivity contribution in [2.75, 3.05) is 19.8 Å². The molecule has 11 heteroatoms. The number of esters is 2. The van der Waals surface area contributed by atoms with Crippen LogP contribution in [0.1, 0.15) is 6.42 Å². The molecule has 0 saturated carbocycles. The van der Waals surface area contributed by atoms with Crippen molar-refractivity contribution < 1.29 is 54.4 Å². The lowest BCUT2D eigenvalue weighted by molar-refractivity contribution is -0.292. The van der Waals surface area contributed by atoms with Crippen LogP contribution < -0.4 is 0 Å². The maximum atomic E-state index is 11.8. The highest BCUT2D eigenvalue weighted by Gasteiger charge is 2.46. The lowest BCUT2D eigenvalue weighted by Gasteiger charge is -2.39. The van der Waals surface area contributed by atoms with E-state index in [1.54, 1.807) is 0 Å². The molecule has 0 aromatic carbocycles. The maximum Gasteiger partial charge on any atom is 0.336 e. The number of carbonyl (C=O) groups excluding carboxylic acids is 2. The van der Waals surface area contributed by atoms with E-state index >= 15 is 0 Å². The summed E-state index contributed by atoms with van der Waals surface area (Å²) in [6.45, 7) is 4.89. The Kier molecular flexibility index (Phi) is 8.99. The minimum atomic E-state index is -1.79. The average Bonchev–Trinajstić information content (AvgIpc) is 2.65. The third-order valence-corrected chi connectivity index (χ3v) is 3.81. The fourth-order valence-corrected chi connectivity index (χ4v) is 2.07. The Labute approximate surface area is 154 Å². The Bertz CT molecular complexity index is 561. The molecule has 6 unspecified atom stereocenters. The fourth-order valence-electron chi connectivity index (χ4n) is 2.07. The minimum absolute atomic E-state index is 0.0802. The topological polar surface area (TPSA) is 183 Å². The number of ether oxygens (including phenoxy) is 3. The van der Waals surface area contributed by atoms with E-state index in [0.717, 1.165) is 0 Å². The van der Waals surface area contributed by atoms with Gasteiger partial charge in [-0.25, -0.2) is 9.59 Å². The van der Waals surface area contributed by atoms with Crippen LogP contribution in [0.3, 0.4) is 0 Å². The van der Waals surface area contributed by atoms with Crippen molar-refractivity contribution in [3.05, 3.63) is 24.3 Å². The maximum absolute atomic E-state index is 11.8. The van der Waals surface area contributed by atoms with Crippen molar-refractivity contribution in [2.45, 2.75) is 43.2 Å². The lowest BCUT2D eigenvalue weighted by Crippen LogP contribution is -2.59. The first-order valence-electron chi connectivity index (χ1n) is 7.98. The molecule has 0 bridgehead atoms. The van der Waals surface area contributed by atoms with Gasteiger partial charge in [0.2, 0.25) is 6.29 Å². The molecular weight excluding hydrogens is 368 g/mol. The predicted octanol–water partition coefficient (Wildman–Crippen LogP) is -3.27. The third-order valence-electron chi connectivity index (χ3n) is 3.81. The van der Waals surface area contributed by atoms with Gasteiger partial charge in [-0.05, 0) is 0 Å². The number of aliphatic hydroxyl groups excluding tert-OH is 6. The molecule has 6 atom stereocenters. The van der Waals surface area contributed by atoms with Gasteiger partial charge in [-0.15, -0.1) is 0 Å². The summed E-state index contributed by atoms with van der Waals surface area (Å²) in [5.74, 6) is -2.08. The Hall–Kier alpha value is -1.86. The van der Waals surface area contributed by atoms with Crippen molar-refractivity contribution in [3.8, 4) is 0 Å². The summed E-state index contributed by atoms with van der Waals surface area (Å²) in [6, 6.07) is 0. The van der Waals surface area contributed by atoms with Crippen molar-refractivity contribution in [1.82, 2.24) is 0 Å². The zero-order valence-electron chi connectivity index (χ0n) is 14.4. The first-order chi connectivity index (χ1) is 12.6. The van der Waals surface area contributed by atoms with E-state index in [1.165, 1.54) is 0 Å². The molecular formula is C16H24O11. The van der Waals surface area contributed by atoms with Gasteiger partial charge in [0, 0.05) is 18.6 Å². The Morgan fingerprint density at radius 1 is 1.04 bits per heavy atom. The van der Waals surface area contributed by atoms with E-state index in [1.807, 2.05) is 0 Å². The molecule has 0 aromatic heterocycles. The molecule has 27 heavy (non-hydrogen) atoms. The van der Waals surface area contributed by atoms with E-state index in [2.05, 4.69) is 13.2 Å². The van der Waals surface area contributed by atoms with Crippen LogP contribution in [0.15, 0.2) is 24.3 Å². The van der Waals surface area contributed by atoms with Crippen molar-refractivity contribution in [3.63, 3.8) is 0 Å². The molecule has 1 aliphatic heterocycles. The minimum Gasteiger partial charge on any atom is -0.459 e. The molecule has 1 fully saturated rings. The van der Waals surface area contributed by atoms with Crippen molar-refractivity contribution in [1.29, 1.82) is 0 Å². The second-order valence-electron chi connectivity index (χ2n) is 5.82. The summed E-state index contributed by atoms with van der Waals surface area (Å²) in [5.41, 5.74) is -0.544. The normalized spacial score (nSPS) is 28.9. The Morgan fingerprint density at radius 2 is 1.67 bits per heavy atom. The summed E-state index contributed by atoms with van der Waals surface area (Å²) in [6.07, 6.45) is -9.94. The van der Waals surface area contributed by atoms with Gasteiger partial charge in [0.15, 0.2) is 0 Å². The van der Waals surface area contributed by atoms with Crippen LogP contribution in [0.5, 0.6) is 0 Å². The zero-order valence-corrected chi connectivity index (χ0v) is 14.4. The summed E-state index contributed by atoms with van der Waals surface area (Å²) in [7, 11) is 0. The van der Waals surface area contributed by atoms with Gasteiger partial charge >= 0.3 is 11.9 Å². The van der Waals surface area contributed by atoms with Gasteiger partial charge in [0.05, 0.1) is 12.2 Å². The number of rotatable bonds is 9. The standard InChI is InChI=1S/C16H24O11/c1-7(3-4-17)14(23)27-16-13(22)12(21)11(20)10(26-16)6-25-15(24)8(2)9(19)5-18/h9-13,16-22H,1-6H2.